The van der Waals surface area contributed by atoms with E-state index >= 15 is 0 Å². The number of hydrogen-bond donors (Lipinski definition) is 3. The van der Waals surface area contributed by atoms with Gasteiger partial charge in [0.25, 0.3) is 0 Å². The van der Waals surface area contributed by atoms with Gasteiger partial charge in [-0.15, -0.1) is 0 Å². The Hall–Kier alpha value is -1.10. The van der Waals surface area contributed by atoms with Crippen LogP contribution in [0.5, 0.6) is 0 Å². The van der Waals surface area contributed by atoms with Crippen molar-refractivity contribution in [1.29, 1.82) is 0 Å². The monoisotopic (exact) mass is 244 g/mol. The summed E-state index contributed by atoms with van der Waals surface area (Å²) in [6, 6.07) is -0.799. The fourth-order valence-electron chi connectivity index (χ4n) is 1.57. The molecule has 0 spiro atoms. The van der Waals surface area contributed by atoms with Gasteiger partial charge in [-0.3, -0.25) is 4.79 Å². The lowest BCUT2D eigenvalue weighted by Crippen LogP contribution is -2.44. The van der Waals surface area contributed by atoms with E-state index in [-0.39, 0.29) is 11.8 Å². The smallest absolute Gasteiger partial charge is 0.326 e. The van der Waals surface area contributed by atoms with Crippen molar-refractivity contribution in [2.45, 2.75) is 46.1 Å². The zero-order valence-corrected chi connectivity index (χ0v) is 10.9. The molecular formula is C12H24N2O3. The topological polar surface area (TPSA) is 92.4 Å². The second-order valence-electron chi connectivity index (χ2n) is 4.85. The molecular weight excluding hydrogens is 220 g/mol. The SMILES string of the molecule is CC(CCN)CCC(=O)NC(C(=O)O)C(C)C. The summed E-state index contributed by atoms with van der Waals surface area (Å²) in [6.45, 7) is 6.20. The van der Waals surface area contributed by atoms with Crippen molar-refractivity contribution in [3.8, 4) is 0 Å². The summed E-state index contributed by atoms with van der Waals surface area (Å²) in [5.41, 5.74) is 5.42. The lowest BCUT2D eigenvalue weighted by molar-refractivity contribution is -0.143. The molecule has 2 atom stereocenters. The van der Waals surface area contributed by atoms with Crippen LogP contribution in [0.4, 0.5) is 0 Å². The molecule has 5 heteroatoms. The highest BCUT2D eigenvalue weighted by Gasteiger charge is 2.23. The van der Waals surface area contributed by atoms with Crippen molar-refractivity contribution >= 4 is 11.9 Å². The van der Waals surface area contributed by atoms with Gasteiger partial charge in [-0.2, -0.15) is 0 Å². The van der Waals surface area contributed by atoms with Gasteiger partial charge in [0.05, 0.1) is 0 Å². The molecule has 0 aliphatic rings. The molecule has 4 N–H and O–H groups in total. The summed E-state index contributed by atoms with van der Waals surface area (Å²) in [6.07, 6.45) is 1.99. The van der Waals surface area contributed by atoms with E-state index in [0.29, 0.717) is 18.9 Å². The van der Waals surface area contributed by atoms with Crippen molar-refractivity contribution < 1.29 is 14.7 Å². The lowest BCUT2D eigenvalue weighted by Gasteiger charge is -2.18. The molecule has 2 unspecified atom stereocenters. The van der Waals surface area contributed by atoms with Crippen molar-refractivity contribution in [3.63, 3.8) is 0 Å². The average molecular weight is 244 g/mol. The van der Waals surface area contributed by atoms with E-state index in [0.717, 1.165) is 12.8 Å². The van der Waals surface area contributed by atoms with Gasteiger partial charge in [-0.1, -0.05) is 20.8 Å². The van der Waals surface area contributed by atoms with E-state index in [1.165, 1.54) is 0 Å². The van der Waals surface area contributed by atoms with Crippen LogP contribution in [0.15, 0.2) is 0 Å². The Morgan fingerprint density at radius 3 is 2.24 bits per heavy atom. The molecule has 0 rings (SSSR count). The van der Waals surface area contributed by atoms with Crippen LogP contribution in [0.1, 0.15) is 40.0 Å². The van der Waals surface area contributed by atoms with Crippen LogP contribution < -0.4 is 11.1 Å². The van der Waals surface area contributed by atoms with Gasteiger partial charge in [-0.05, 0) is 31.2 Å². The zero-order chi connectivity index (χ0) is 13.4. The molecule has 0 aromatic rings. The highest BCUT2D eigenvalue weighted by molar-refractivity contribution is 5.83. The van der Waals surface area contributed by atoms with Gasteiger partial charge < -0.3 is 16.2 Å². The molecule has 0 aromatic carbocycles. The molecule has 100 valence electrons. The van der Waals surface area contributed by atoms with Crippen LogP contribution in [0.3, 0.4) is 0 Å². The fourth-order valence-corrected chi connectivity index (χ4v) is 1.57. The Morgan fingerprint density at radius 1 is 1.24 bits per heavy atom. The van der Waals surface area contributed by atoms with Gasteiger partial charge >= 0.3 is 5.97 Å². The normalized spacial score (nSPS) is 14.4. The maximum absolute atomic E-state index is 11.6. The van der Waals surface area contributed by atoms with Crippen LogP contribution in [0.2, 0.25) is 0 Å². The van der Waals surface area contributed by atoms with Crippen molar-refractivity contribution in [2.24, 2.45) is 17.6 Å². The number of carboxylic acids is 1. The Labute approximate surface area is 103 Å². The van der Waals surface area contributed by atoms with E-state index in [1.807, 2.05) is 6.92 Å². The molecule has 0 aliphatic heterocycles. The first-order valence-corrected chi connectivity index (χ1v) is 6.10. The number of carboxylic acid groups (broad SMARTS) is 1. The number of rotatable bonds is 8. The maximum atomic E-state index is 11.6. The summed E-state index contributed by atoms with van der Waals surface area (Å²) in [7, 11) is 0. The number of carbonyl (C=O) groups is 2. The minimum atomic E-state index is -0.983. The summed E-state index contributed by atoms with van der Waals surface area (Å²) in [4.78, 5) is 22.5. The van der Waals surface area contributed by atoms with Crippen LogP contribution in [-0.2, 0) is 9.59 Å². The molecule has 0 heterocycles. The van der Waals surface area contributed by atoms with E-state index in [1.54, 1.807) is 13.8 Å². The largest absolute Gasteiger partial charge is 0.480 e. The van der Waals surface area contributed by atoms with Gasteiger partial charge in [-0.25, -0.2) is 4.79 Å². The van der Waals surface area contributed by atoms with Crippen molar-refractivity contribution in [3.05, 3.63) is 0 Å². The zero-order valence-electron chi connectivity index (χ0n) is 10.9. The highest BCUT2D eigenvalue weighted by atomic mass is 16.4. The summed E-state index contributed by atoms with van der Waals surface area (Å²) >= 11 is 0. The number of amides is 1. The first-order valence-electron chi connectivity index (χ1n) is 6.10. The lowest BCUT2D eigenvalue weighted by atomic mass is 10.0. The van der Waals surface area contributed by atoms with Crippen molar-refractivity contribution in [2.75, 3.05) is 6.54 Å². The number of nitrogens with one attached hydrogen (secondary N) is 1. The molecule has 0 fully saturated rings. The van der Waals surface area contributed by atoms with E-state index in [4.69, 9.17) is 10.8 Å². The van der Waals surface area contributed by atoms with Gasteiger partial charge in [0.1, 0.15) is 6.04 Å². The third-order valence-corrected chi connectivity index (χ3v) is 2.77. The molecule has 0 aromatic heterocycles. The predicted octanol–water partition coefficient (Wildman–Crippen LogP) is 0.977. The molecule has 0 saturated carbocycles. The molecule has 0 aliphatic carbocycles. The molecule has 5 nitrogen and oxygen atoms in total. The Morgan fingerprint density at radius 2 is 1.82 bits per heavy atom. The van der Waals surface area contributed by atoms with Crippen LogP contribution in [0, 0.1) is 11.8 Å². The molecule has 0 saturated heterocycles. The molecule has 0 bridgehead atoms. The van der Waals surface area contributed by atoms with Crippen LogP contribution in [0.25, 0.3) is 0 Å². The second kappa shape index (κ2) is 8.06. The third kappa shape index (κ3) is 6.94. The fraction of sp³-hybridized carbons (Fsp3) is 0.833. The Bertz CT molecular complexity index is 254. The van der Waals surface area contributed by atoms with Crippen molar-refractivity contribution in [1.82, 2.24) is 5.32 Å². The molecule has 17 heavy (non-hydrogen) atoms. The quantitative estimate of drug-likeness (QED) is 0.593. The summed E-state index contributed by atoms with van der Waals surface area (Å²) in [5.74, 6) is -0.899. The Balaban J connectivity index is 4.03. The highest BCUT2D eigenvalue weighted by Crippen LogP contribution is 2.09. The average Bonchev–Trinajstić information content (AvgIpc) is 2.22. The van der Waals surface area contributed by atoms with E-state index in [9.17, 15) is 9.59 Å². The standard InChI is InChI=1S/C12H24N2O3/c1-8(2)11(12(16)17)14-10(15)5-4-9(3)6-7-13/h8-9,11H,4-7,13H2,1-3H3,(H,14,15)(H,16,17). The minimum absolute atomic E-state index is 0.113. The molecule has 0 radical (unpaired) electrons. The number of nitrogens with two attached hydrogens (primary N) is 1. The number of hydrogen-bond acceptors (Lipinski definition) is 3. The molecule has 1 amide bonds. The third-order valence-electron chi connectivity index (χ3n) is 2.77. The first kappa shape index (κ1) is 15.9. The predicted molar refractivity (Wildman–Crippen MR) is 66.5 cm³/mol. The second-order valence-corrected chi connectivity index (χ2v) is 4.85. The number of carbonyl (C=O) groups excluding carboxylic acids is 1. The van der Waals surface area contributed by atoms with Gasteiger partial charge in [0.15, 0.2) is 0 Å². The maximum Gasteiger partial charge on any atom is 0.326 e. The van der Waals surface area contributed by atoms with Crippen LogP contribution >= 0.6 is 0 Å². The van der Waals surface area contributed by atoms with Gasteiger partial charge in [0, 0.05) is 6.42 Å². The van der Waals surface area contributed by atoms with Gasteiger partial charge in [0.2, 0.25) is 5.91 Å². The minimum Gasteiger partial charge on any atom is -0.480 e. The van der Waals surface area contributed by atoms with E-state index < -0.39 is 12.0 Å². The first-order chi connectivity index (χ1) is 7.88. The van der Waals surface area contributed by atoms with E-state index in [2.05, 4.69) is 5.32 Å². The summed E-state index contributed by atoms with van der Waals surface area (Å²) < 4.78 is 0. The number of aliphatic carboxylic acids is 1. The van der Waals surface area contributed by atoms with Crippen LogP contribution in [-0.4, -0.2) is 29.6 Å². The Kier molecular flexibility index (Phi) is 7.54. The summed E-state index contributed by atoms with van der Waals surface area (Å²) in [5, 5.41) is 11.5.